The molecular weight excluding hydrogens is 152 g/mol. The van der Waals surface area contributed by atoms with Gasteiger partial charge in [-0.2, -0.15) is 0 Å². The lowest BCUT2D eigenvalue weighted by Crippen LogP contribution is -2.43. The zero-order chi connectivity index (χ0) is 9.30. The van der Waals surface area contributed by atoms with Gasteiger partial charge in [-0.1, -0.05) is 19.9 Å². The van der Waals surface area contributed by atoms with Crippen LogP contribution in [0.25, 0.3) is 0 Å². The molecule has 1 fully saturated rings. The van der Waals surface area contributed by atoms with E-state index in [1.807, 2.05) is 13.8 Å². The van der Waals surface area contributed by atoms with Gasteiger partial charge >= 0.3 is 0 Å². The minimum absolute atomic E-state index is 0.0613. The molecule has 2 heteroatoms. The monoisotopic (exact) mass is 170 g/mol. The molecule has 0 aromatic carbocycles. The Hall–Kier alpha value is -0.340. The van der Waals surface area contributed by atoms with E-state index in [1.54, 1.807) is 6.08 Å². The SMILES string of the molecule is C=C[C@@H]1CC(O)C(C)C(C)C1O. The van der Waals surface area contributed by atoms with Gasteiger partial charge in [0.2, 0.25) is 0 Å². The number of hydrogen-bond acceptors (Lipinski definition) is 2. The maximum Gasteiger partial charge on any atom is 0.0632 e. The summed E-state index contributed by atoms with van der Waals surface area (Å²) in [6.45, 7) is 7.62. The first kappa shape index (κ1) is 9.75. The Balaban J connectivity index is 2.70. The first-order chi connectivity index (χ1) is 5.57. The third-order valence-corrected chi connectivity index (χ3v) is 3.23. The quantitative estimate of drug-likeness (QED) is 0.580. The van der Waals surface area contributed by atoms with Crippen LogP contribution < -0.4 is 0 Å². The number of rotatable bonds is 1. The van der Waals surface area contributed by atoms with Gasteiger partial charge in [0.1, 0.15) is 0 Å². The van der Waals surface area contributed by atoms with Gasteiger partial charge in [-0.05, 0) is 18.3 Å². The molecule has 0 radical (unpaired) electrons. The summed E-state index contributed by atoms with van der Waals surface area (Å²) in [6, 6.07) is 0. The molecule has 0 bridgehead atoms. The zero-order valence-corrected chi connectivity index (χ0v) is 7.77. The van der Waals surface area contributed by atoms with Crippen LogP contribution in [-0.2, 0) is 0 Å². The molecule has 0 saturated heterocycles. The van der Waals surface area contributed by atoms with E-state index in [1.165, 1.54) is 0 Å². The first-order valence-corrected chi connectivity index (χ1v) is 4.56. The van der Waals surface area contributed by atoms with Crippen LogP contribution in [0.3, 0.4) is 0 Å². The smallest absolute Gasteiger partial charge is 0.0632 e. The lowest BCUT2D eigenvalue weighted by molar-refractivity contribution is -0.0530. The van der Waals surface area contributed by atoms with Crippen LogP contribution in [0.15, 0.2) is 12.7 Å². The zero-order valence-electron chi connectivity index (χ0n) is 7.77. The topological polar surface area (TPSA) is 40.5 Å². The molecule has 5 atom stereocenters. The third kappa shape index (κ3) is 1.54. The largest absolute Gasteiger partial charge is 0.393 e. The molecule has 0 heterocycles. The summed E-state index contributed by atoms with van der Waals surface area (Å²) in [6.07, 6.45) is 1.78. The van der Waals surface area contributed by atoms with Gasteiger partial charge in [0.25, 0.3) is 0 Å². The van der Waals surface area contributed by atoms with Crippen LogP contribution in [-0.4, -0.2) is 22.4 Å². The van der Waals surface area contributed by atoms with Crippen molar-refractivity contribution >= 4 is 0 Å². The van der Waals surface area contributed by atoms with Crippen molar-refractivity contribution in [2.45, 2.75) is 32.5 Å². The summed E-state index contributed by atoms with van der Waals surface area (Å²) < 4.78 is 0. The van der Waals surface area contributed by atoms with Gasteiger partial charge in [-0.25, -0.2) is 0 Å². The predicted molar refractivity (Wildman–Crippen MR) is 48.6 cm³/mol. The van der Waals surface area contributed by atoms with Gasteiger partial charge < -0.3 is 10.2 Å². The summed E-state index contributed by atoms with van der Waals surface area (Å²) in [5.74, 6) is 0.416. The fraction of sp³-hybridized carbons (Fsp3) is 0.800. The Morgan fingerprint density at radius 1 is 1.25 bits per heavy atom. The predicted octanol–water partition coefficient (Wildman–Crippen LogP) is 1.19. The van der Waals surface area contributed by atoms with Crippen LogP contribution in [0.1, 0.15) is 20.3 Å². The van der Waals surface area contributed by atoms with Crippen molar-refractivity contribution in [3.8, 4) is 0 Å². The average molecular weight is 170 g/mol. The van der Waals surface area contributed by atoms with Gasteiger partial charge in [0, 0.05) is 5.92 Å². The van der Waals surface area contributed by atoms with Gasteiger partial charge in [-0.3, -0.25) is 0 Å². The Bertz CT molecular complexity index is 167. The summed E-state index contributed by atoms with van der Waals surface area (Å²) >= 11 is 0. The van der Waals surface area contributed by atoms with Crippen LogP contribution in [0.2, 0.25) is 0 Å². The summed E-state index contributed by atoms with van der Waals surface area (Å²) in [4.78, 5) is 0. The van der Waals surface area contributed by atoms with E-state index in [2.05, 4.69) is 6.58 Å². The maximum atomic E-state index is 9.74. The normalized spacial score (nSPS) is 48.8. The molecule has 2 nitrogen and oxygen atoms in total. The maximum absolute atomic E-state index is 9.74. The number of aliphatic hydroxyl groups excluding tert-OH is 2. The van der Waals surface area contributed by atoms with Gasteiger partial charge in [0.05, 0.1) is 12.2 Å². The molecule has 2 N–H and O–H groups in total. The van der Waals surface area contributed by atoms with E-state index < -0.39 is 0 Å². The molecule has 0 amide bonds. The minimum Gasteiger partial charge on any atom is -0.393 e. The second-order valence-electron chi connectivity index (χ2n) is 3.91. The fourth-order valence-electron chi connectivity index (χ4n) is 1.92. The molecule has 0 aromatic rings. The van der Waals surface area contributed by atoms with Crippen LogP contribution in [0, 0.1) is 17.8 Å². The Morgan fingerprint density at radius 3 is 2.33 bits per heavy atom. The lowest BCUT2D eigenvalue weighted by atomic mass is 9.72. The second kappa shape index (κ2) is 3.58. The summed E-state index contributed by atoms with van der Waals surface area (Å²) in [5.41, 5.74) is 0. The number of aliphatic hydroxyl groups is 2. The Labute approximate surface area is 73.9 Å². The van der Waals surface area contributed by atoms with E-state index in [0.29, 0.717) is 6.42 Å². The highest BCUT2D eigenvalue weighted by Gasteiger charge is 2.37. The van der Waals surface area contributed by atoms with E-state index in [4.69, 9.17) is 0 Å². The van der Waals surface area contributed by atoms with Crippen molar-refractivity contribution in [3.05, 3.63) is 12.7 Å². The van der Waals surface area contributed by atoms with Gasteiger partial charge in [0.15, 0.2) is 0 Å². The van der Waals surface area contributed by atoms with Crippen LogP contribution in [0.5, 0.6) is 0 Å². The van der Waals surface area contributed by atoms with Crippen molar-refractivity contribution in [2.75, 3.05) is 0 Å². The van der Waals surface area contributed by atoms with E-state index in [-0.39, 0.29) is 30.0 Å². The number of hydrogen-bond donors (Lipinski definition) is 2. The van der Waals surface area contributed by atoms with Crippen molar-refractivity contribution in [3.63, 3.8) is 0 Å². The van der Waals surface area contributed by atoms with Crippen molar-refractivity contribution in [1.29, 1.82) is 0 Å². The summed E-state index contributed by atoms with van der Waals surface area (Å²) in [7, 11) is 0. The van der Waals surface area contributed by atoms with Crippen LogP contribution >= 0.6 is 0 Å². The highest BCUT2D eigenvalue weighted by atomic mass is 16.3. The second-order valence-corrected chi connectivity index (χ2v) is 3.91. The Kier molecular flexibility index (Phi) is 2.91. The van der Waals surface area contributed by atoms with E-state index >= 15 is 0 Å². The molecule has 0 aromatic heterocycles. The molecule has 12 heavy (non-hydrogen) atoms. The van der Waals surface area contributed by atoms with Crippen LogP contribution in [0.4, 0.5) is 0 Å². The molecule has 4 unspecified atom stereocenters. The summed E-state index contributed by atoms with van der Waals surface area (Å²) in [5, 5.41) is 19.4. The highest BCUT2D eigenvalue weighted by molar-refractivity contribution is 4.95. The molecule has 1 rings (SSSR count). The fourth-order valence-corrected chi connectivity index (χ4v) is 1.92. The van der Waals surface area contributed by atoms with Crippen molar-refractivity contribution in [2.24, 2.45) is 17.8 Å². The Morgan fingerprint density at radius 2 is 1.83 bits per heavy atom. The van der Waals surface area contributed by atoms with Crippen molar-refractivity contribution < 1.29 is 10.2 Å². The third-order valence-electron chi connectivity index (χ3n) is 3.23. The molecule has 0 aliphatic heterocycles. The first-order valence-electron chi connectivity index (χ1n) is 4.56. The molecule has 1 aliphatic carbocycles. The molecule has 1 saturated carbocycles. The average Bonchev–Trinajstić information content (AvgIpc) is 2.08. The van der Waals surface area contributed by atoms with E-state index in [0.717, 1.165) is 0 Å². The molecular formula is C10H18O2. The van der Waals surface area contributed by atoms with E-state index in [9.17, 15) is 10.2 Å². The molecule has 0 spiro atoms. The molecule has 1 aliphatic rings. The molecule has 70 valence electrons. The van der Waals surface area contributed by atoms with Gasteiger partial charge in [-0.15, -0.1) is 6.58 Å². The van der Waals surface area contributed by atoms with Crippen molar-refractivity contribution in [1.82, 2.24) is 0 Å². The minimum atomic E-state index is -0.333. The highest BCUT2D eigenvalue weighted by Crippen LogP contribution is 2.34. The standard InChI is InChI=1S/C10H18O2/c1-4-8-5-9(11)6(2)7(3)10(8)12/h4,6-12H,1,5H2,2-3H3/t6?,7?,8-,9?,10?/m1/s1. The lowest BCUT2D eigenvalue weighted by Gasteiger charge is -2.39.